The highest BCUT2D eigenvalue weighted by atomic mass is 35.5. The van der Waals surface area contributed by atoms with Crippen LogP contribution in [-0.4, -0.2) is 29.5 Å². The van der Waals surface area contributed by atoms with Gasteiger partial charge in [0.25, 0.3) is 0 Å². The molecule has 0 saturated heterocycles. The lowest BCUT2D eigenvalue weighted by Gasteiger charge is -2.09. The van der Waals surface area contributed by atoms with Gasteiger partial charge in [-0.3, -0.25) is 4.79 Å². The lowest BCUT2D eigenvalue weighted by molar-refractivity contribution is 0.104. The van der Waals surface area contributed by atoms with E-state index in [-0.39, 0.29) is 18.3 Å². The standard InChI is InChI=1S/C18H17ClO3/c19-12-16(20)13-22-17-9-6-14(7-10-17)8-11-18(21)15-4-2-1-3-5-15/h1-11,16,20H,12-13H2/b11-8+/t16-/m0/s1. The molecule has 114 valence electrons. The molecule has 3 nitrogen and oxygen atoms in total. The third kappa shape index (κ3) is 5.02. The fraction of sp³-hybridized carbons (Fsp3) is 0.167. The van der Waals surface area contributed by atoms with Crippen molar-refractivity contribution in [1.29, 1.82) is 0 Å². The van der Waals surface area contributed by atoms with Gasteiger partial charge in [-0.1, -0.05) is 48.5 Å². The number of carbonyl (C=O) groups is 1. The molecule has 0 aromatic heterocycles. The van der Waals surface area contributed by atoms with Gasteiger partial charge >= 0.3 is 0 Å². The van der Waals surface area contributed by atoms with Crippen LogP contribution in [0.15, 0.2) is 60.7 Å². The minimum Gasteiger partial charge on any atom is -0.491 e. The maximum atomic E-state index is 11.9. The Kier molecular flexibility index (Phi) is 6.19. The highest BCUT2D eigenvalue weighted by Gasteiger charge is 2.03. The molecule has 2 rings (SSSR count). The summed E-state index contributed by atoms with van der Waals surface area (Å²) in [6.07, 6.45) is 2.62. The quantitative estimate of drug-likeness (QED) is 0.482. The number of ether oxygens (including phenoxy) is 1. The van der Waals surface area contributed by atoms with Crippen LogP contribution in [0.25, 0.3) is 6.08 Å². The maximum absolute atomic E-state index is 11.9. The summed E-state index contributed by atoms with van der Waals surface area (Å²) in [6, 6.07) is 16.4. The molecular formula is C18H17ClO3. The van der Waals surface area contributed by atoms with Crippen LogP contribution in [0.5, 0.6) is 5.75 Å². The Morgan fingerprint density at radius 1 is 1.14 bits per heavy atom. The van der Waals surface area contributed by atoms with E-state index >= 15 is 0 Å². The molecule has 1 N–H and O–H groups in total. The van der Waals surface area contributed by atoms with Crippen molar-refractivity contribution >= 4 is 23.5 Å². The van der Waals surface area contributed by atoms with Gasteiger partial charge in [0, 0.05) is 5.56 Å². The molecule has 0 amide bonds. The second kappa shape index (κ2) is 8.37. The summed E-state index contributed by atoms with van der Waals surface area (Å²) >= 11 is 5.49. The molecular weight excluding hydrogens is 300 g/mol. The van der Waals surface area contributed by atoms with Crippen LogP contribution < -0.4 is 4.74 Å². The van der Waals surface area contributed by atoms with Crippen LogP contribution in [0.4, 0.5) is 0 Å². The number of alkyl halides is 1. The summed E-state index contributed by atoms with van der Waals surface area (Å²) in [6.45, 7) is 0.158. The second-order valence-electron chi connectivity index (χ2n) is 4.75. The first kappa shape index (κ1) is 16.3. The van der Waals surface area contributed by atoms with Crippen molar-refractivity contribution in [3.63, 3.8) is 0 Å². The van der Waals surface area contributed by atoms with Crippen molar-refractivity contribution in [2.45, 2.75) is 6.10 Å². The molecule has 4 heteroatoms. The van der Waals surface area contributed by atoms with Gasteiger partial charge in [-0.25, -0.2) is 0 Å². The molecule has 0 spiro atoms. The first-order valence-corrected chi connectivity index (χ1v) is 7.47. The molecule has 0 aliphatic heterocycles. The summed E-state index contributed by atoms with van der Waals surface area (Å²) in [4.78, 5) is 11.9. The lowest BCUT2D eigenvalue weighted by atomic mass is 10.1. The molecule has 1 atom stereocenters. The van der Waals surface area contributed by atoms with Crippen molar-refractivity contribution in [1.82, 2.24) is 0 Å². The van der Waals surface area contributed by atoms with E-state index in [0.717, 1.165) is 5.56 Å². The third-order valence-electron chi connectivity index (χ3n) is 2.99. The Labute approximate surface area is 134 Å². The zero-order valence-electron chi connectivity index (χ0n) is 12.0. The van der Waals surface area contributed by atoms with Gasteiger partial charge in [0.1, 0.15) is 18.5 Å². The van der Waals surface area contributed by atoms with Crippen molar-refractivity contribution < 1.29 is 14.6 Å². The number of halogens is 1. The van der Waals surface area contributed by atoms with Crippen LogP contribution in [0.3, 0.4) is 0 Å². The van der Waals surface area contributed by atoms with Crippen molar-refractivity contribution in [2.24, 2.45) is 0 Å². The highest BCUT2D eigenvalue weighted by molar-refractivity contribution is 6.18. The van der Waals surface area contributed by atoms with E-state index < -0.39 is 6.10 Å². The Morgan fingerprint density at radius 3 is 2.45 bits per heavy atom. The van der Waals surface area contributed by atoms with E-state index in [2.05, 4.69) is 0 Å². The van der Waals surface area contributed by atoms with Crippen LogP contribution in [-0.2, 0) is 0 Å². The molecule has 22 heavy (non-hydrogen) atoms. The number of rotatable bonds is 7. The molecule has 0 bridgehead atoms. The number of ketones is 1. The summed E-state index contributed by atoms with van der Waals surface area (Å²) in [5.74, 6) is 0.754. The molecule has 0 saturated carbocycles. The van der Waals surface area contributed by atoms with Crippen molar-refractivity contribution in [2.75, 3.05) is 12.5 Å². The van der Waals surface area contributed by atoms with E-state index in [1.807, 2.05) is 30.3 Å². The van der Waals surface area contributed by atoms with Crippen LogP contribution >= 0.6 is 11.6 Å². The second-order valence-corrected chi connectivity index (χ2v) is 5.06. The Morgan fingerprint density at radius 2 is 1.82 bits per heavy atom. The summed E-state index contributed by atoms with van der Waals surface area (Å²) in [5, 5.41) is 9.32. The largest absolute Gasteiger partial charge is 0.491 e. The number of hydrogen-bond donors (Lipinski definition) is 1. The average Bonchev–Trinajstić information content (AvgIpc) is 2.59. The number of aliphatic hydroxyl groups excluding tert-OH is 1. The maximum Gasteiger partial charge on any atom is 0.185 e. The van der Waals surface area contributed by atoms with Gasteiger partial charge in [-0.15, -0.1) is 11.6 Å². The number of carbonyl (C=O) groups excluding carboxylic acids is 1. The number of aliphatic hydroxyl groups is 1. The molecule has 0 fully saturated rings. The summed E-state index contributed by atoms with van der Waals surface area (Å²) < 4.78 is 5.38. The first-order valence-electron chi connectivity index (χ1n) is 6.93. The molecule has 0 aliphatic rings. The number of allylic oxidation sites excluding steroid dienone is 1. The van der Waals surface area contributed by atoms with Crippen LogP contribution in [0.2, 0.25) is 0 Å². The smallest absolute Gasteiger partial charge is 0.185 e. The SMILES string of the molecule is O=C(/C=C/c1ccc(OC[C@@H](O)CCl)cc1)c1ccccc1. The highest BCUT2D eigenvalue weighted by Crippen LogP contribution is 2.14. The van der Waals surface area contributed by atoms with E-state index in [4.69, 9.17) is 16.3 Å². The van der Waals surface area contributed by atoms with Gasteiger partial charge < -0.3 is 9.84 Å². The van der Waals surface area contributed by atoms with Gasteiger partial charge in [-0.2, -0.15) is 0 Å². The zero-order chi connectivity index (χ0) is 15.8. The molecule has 0 heterocycles. The van der Waals surface area contributed by atoms with Gasteiger partial charge in [0.05, 0.1) is 5.88 Å². The topological polar surface area (TPSA) is 46.5 Å². The van der Waals surface area contributed by atoms with E-state index in [0.29, 0.717) is 11.3 Å². The number of hydrogen-bond acceptors (Lipinski definition) is 3. The van der Waals surface area contributed by atoms with Gasteiger partial charge in [0.15, 0.2) is 5.78 Å². The monoisotopic (exact) mass is 316 g/mol. The van der Waals surface area contributed by atoms with E-state index in [1.165, 1.54) is 0 Å². The number of benzene rings is 2. The zero-order valence-corrected chi connectivity index (χ0v) is 12.7. The average molecular weight is 317 g/mol. The normalized spacial score (nSPS) is 12.3. The Balaban J connectivity index is 1.93. The predicted molar refractivity (Wildman–Crippen MR) is 88.5 cm³/mol. The third-order valence-corrected chi connectivity index (χ3v) is 3.34. The van der Waals surface area contributed by atoms with Crippen LogP contribution in [0.1, 0.15) is 15.9 Å². The molecule has 2 aromatic rings. The van der Waals surface area contributed by atoms with Crippen LogP contribution in [0, 0.1) is 0 Å². The fourth-order valence-corrected chi connectivity index (χ4v) is 1.87. The summed E-state index contributed by atoms with van der Waals surface area (Å²) in [7, 11) is 0. The lowest BCUT2D eigenvalue weighted by Crippen LogP contribution is -2.18. The Hall–Kier alpha value is -2.10. The minimum absolute atomic E-state index is 0.0360. The van der Waals surface area contributed by atoms with Gasteiger partial charge in [-0.05, 0) is 23.8 Å². The Bertz CT molecular complexity index is 621. The van der Waals surface area contributed by atoms with Crippen molar-refractivity contribution in [3.05, 3.63) is 71.8 Å². The van der Waals surface area contributed by atoms with E-state index in [9.17, 15) is 9.90 Å². The van der Waals surface area contributed by atoms with Gasteiger partial charge in [0.2, 0.25) is 0 Å². The minimum atomic E-state index is -0.676. The molecule has 0 unspecified atom stereocenters. The molecule has 0 aliphatic carbocycles. The first-order chi connectivity index (χ1) is 10.7. The van der Waals surface area contributed by atoms with Crippen molar-refractivity contribution in [3.8, 4) is 5.75 Å². The molecule has 2 aromatic carbocycles. The predicted octanol–water partition coefficient (Wildman–Crippen LogP) is 3.56. The van der Waals surface area contributed by atoms with E-state index in [1.54, 1.807) is 36.4 Å². The fourth-order valence-electron chi connectivity index (χ4n) is 1.78. The molecule has 0 radical (unpaired) electrons. The summed E-state index contributed by atoms with van der Waals surface area (Å²) in [5.41, 5.74) is 1.56.